The maximum absolute atomic E-state index is 9.32. The number of aliphatic hydroxyl groups excluding tert-OH is 1. The highest BCUT2D eigenvalue weighted by Gasteiger charge is 2.32. The van der Waals surface area contributed by atoms with Gasteiger partial charge in [0.2, 0.25) is 0 Å². The van der Waals surface area contributed by atoms with Crippen molar-refractivity contribution in [1.82, 2.24) is 14.8 Å². The van der Waals surface area contributed by atoms with E-state index in [9.17, 15) is 5.11 Å². The minimum Gasteiger partial charge on any atom is -0.392 e. The molecule has 1 aliphatic rings. The number of benzene rings is 2. The van der Waals surface area contributed by atoms with Crippen LogP contribution in [-0.4, -0.2) is 31.7 Å². The summed E-state index contributed by atoms with van der Waals surface area (Å²) in [5.74, 6) is 0.749. The Morgan fingerprint density at radius 3 is 2.40 bits per heavy atom. The fraction of sp³-hybridized carbons (Fsp3) is 0.364. The summed E-state index contributed by atoms with van der Waals surface area (Å²) in [6.07, 6.45) is 1.86. The van der Waals surface area contributed by atoms with Crippen LogP contribution in [0.1, 0.15) is 41.1 Å². The third-order valence-electron chi connectivity index (χ3n) is 5.17. The van der Waals surface area contributed by atoms with E-state index in [-0.39, 0.29) is 18.8 Å². The number of rotatable bonds is 7. The van der Waals surface area contributed by atoms with Gasteiger partial charge in [0.25, 0.3) is 0 Å². The van der Waals surface area contributed by atoms with E-state index in [1.165, 1.54) is 0 Å². The van der Waals surface area contributed by atoms with E-state index in [0.29, 0.717) is 6.54 Å². The number of hydrogen-bond acceptors (Lipinski definition) is 7. The Labute approximate surface area is 180 Å². The van der Waals surface area contributed by atoms with Gasteiger partial charge in [-0.15, -0.1) is 10.2 Å². The Kier molecular flexibility index (Phi) is 6.81. The van der Waals surface area contributed by atoms with Crippen molar-refractivity contribution in [1.29, 1.82) is 0 Å². The highest BCUT2D eigenvalue weighted by atomic mass is 32.2. The molecule has 0 radical (unpaired) electrons. The Bertz CT molecular complexity index is 890. The van der Waals surface area contributed by atoms with Gasteiger partial charge < -0.3 is 24.9 Å². The second kappa shape index (κ2) is 9.72. The zero-order chi connectivity index (χ0) is 20.9. The van der Waals surface area contributed by atoms with Crippen LogP contribution in [0.5, 0.6) is 0 Å². The lowest BCUT2D eigenvalue weighted by Crippen LogP contribution is -2.31. The SMILES string of the molecule is Cn1cnnc1SC[C@@H]1C[C@H](c2ccc(CO)cc2)O[C@H](c2ccc(CN)cc2)O1. The van der Waals surface area contributed by atoms with E-state index >= 15 is 0 Å². The van der Waals surface area contributed by atoms with E-state index in [2.05, 4.69) is 10.2 Å². The number of aromatic nitrogens is 3. The first kappa shape index (κ1) is 21.0. The summed E-state index contributed by atoms with van der Waals surface area (Å²) >= 11 is 1.63. The minimum atomic E-state index is -0.460. The van der Waals surface area contributed by atoms with Crippen molar-refractivity contribution in [2.45, 2.75) is 43.2 Å². The average Bonchev–Trinajstić information content (AvgIpc) is 3.22. The fourth-order valence-corrected chi connectivity index (χ4v) is 4.31. The number of ether oxygens (including phenoxy) is 2. The first-order valence-corrected chi connectivity index (χ1v) is 10.9. The third-order valence-corrected chi connectivity index (χ3v) is 6.34. The molecular formula is C22H26N4O3S. The minimum absolute atomic E-state index is 0.0119. The summed E-state index contributed by atoms with van der Waals surface area (Å²) in [6.45, 7) is 0.533. The fourth-order valence-electron chi connectivity index (χ4n) is 3.40. The molecule has 8 heteroatoms. The standard InChI is InChI=1S/C22H26N4O3S/c1-26-14-24-25-22(26)30-13-19-10-20(17-6-4-16(12-27)5-7-17)29-21(28-19)18-8-2-15(11-23)3-9-18/h2-9,14,19-21,27H,10-13,23H2,1H3/t19-,20+,21+/m0/s1. The number of aliphatic hydroxyl groups is 1. The van der Waals surface area contributed by atoms with E-state index in [1.807, 2.05) is 60.1 Å². The zero-order valence-corrected chi connectivity index (χ0v) is 17.7. The smallest absolute Gasteiger partial charge is 0.190 e. The van der Waals surface area contributed by atoms with Crippen molar-refractivity contribution in [3.63, 3.8) is 0 Å². The molecule has 1 aromatic heterocycles. The normalized spacial score (nSPS) is 21.6. The van der Waals surface area contributed by atoms with Crippen molar-refractivity contribution in [2.24, 2.45) is 12.8 Å². The van der Waals surface area contributed by atoms with Gasteiger partial charge in [0.05, 0.1) is 18.8 Å². The predicted octanol–water partition coefficient (Wildman–Crippen LogP) is 3.10. The van der Waals surface area contributed by atoms with Crippen LogP contribution >= 0.6 is 11.8 Å². The van der Waals surface area contributed by atoms with Crippen LogP contribution in [0.4, 0.5) is 0 Å². The molecule has 0 aliphatic carbocycles. The van der Waals surface area contributed by atoms with Crippen LogP contribution in [-0.2, 0) is 29.7 Å². The molecule has 0 unspecified atom stereocenters. The molecule has 30 heavy (non-hydrogen) atoms. The van der Waals surface area contributed by atoms with Gasteiger partial charge >= 0.3 is 0 Å². The lowest BCUT2D eigenvalue weighted by atomic mass is 10.0. The van der Waals surface area contributed by atoms with Crippen molar-refractivity contribution in [3.8, 4) is 0 Å². The van der Waals surface area contributed by atoms with Crippen molar-refractivity contribution in [2.75, 3.05) is 5.75 Å². The molecule has 3 aromatic rings. The van der Waals surface area contributed by atoms with Crippen molar-refractivity contribution < 1.29 is 14.6 Å². The molecule has 2 aromatic carbocycles. The van der Waals surface area contributed by atoms with Gasteiger partial charge in [0.15, 0.2) is 11.4 Å². The van der Waals surface area contributed by atoms with E-state index in [1.54, 1.807) is 18.1 Å². The molecule has 1 saturated heterocycles. The molecule has 0 spiro atoms. The summed E-state index contributed by atoms with van der Waals surface area (Å²) in [7, 11) is 1.93. The van der Waals surface area contributed by atoms with Gasteiger partial charge in [0.1, 0.15) is 6.33 Å². The maximum Gasteiger partial charge on any atom is 0.190 e. The van der Waals surface area contributed by atoms with Gasteiger partial charge in [0, 0.05) is 31.3 Å². The number of nitrogens with two attached hydrogens (primary N) is 1. The molecule has 1 fully saturated rings. The summed E-state index contributed by atoms with van der Waals surface area (Å²) in [5.41, 5.74) is 9.72. The molecule has 4 rings (SSSR count). The quantitative estimate of drug-likeness (QED) is 0.561. The molecule has 0 saturated carbocycles. The lowest BCUT2D eigenvalue weighted by molar-refractivity contribution is -0.245. The summed E-state index contributed by atoms with van der Waals surface area (Å²) < 4.78 is 14.5. The Balaban J connectivity index is 1.53. The van der Waals surface area contributed by atoms with Gasteiger partial charge in [-0.3, -0.25) is 0 Å². The molecule has 158 valence electrons. The Morgan fingerprint density at radius 1 is 1.07 bits per heavy atom. The van der Waals surface area contributed by atoms with Crippen molar-refractivity contribution in [3.05, 3.63) is 77.1 Å². The van der Waals surface area contributed by atoms with Crippen molar-refractivity contribution >= 4 is 11.8 Å². The second-order valence-corrected chi connectivity index (χ2v) is 8.32. The van der Waals surface area contributed by atoms with Crippen LogP contribution in [0.25, 0.3) is 0 Å². The topological polar surface area (TPSA) is 95.4 Å². The monoisotopic (exact) mass is 426 g/mol. The highest BCUT2D eigenvalue weighted by molar-refractivity contribution is 7.99. The summed E-state index contributed by atoms with van der Waals surface area (Å²) in [4.78, 5) is 0. The van der Waals surface area contributed by atoms with E-state index in [0.717, 1.165) is 39.6 Å². The lowest BCUT2D eigenvalue weighted by Gasteiger charge is -2.36. The molecular weight excluding hydrogens is 400 g/mol. The van der Waals surface area contributed by atoms with Crippen LogP contribution < -0.4 is 5.73 Å². The number of aryl methyl sites for hydroxylation is 1. The van der Waals surface area contributed by atoms with Crippen LogP contribution in [0.3, 0.4) is 0 Å². The van der Waals surface area contributed by atoms with Crippen LogP contribution in [0, 0.1) is 0 Å². The Hall–Kier alpha value is -2.23. The largest absolute Gasteiger partial charge is 0.392 e. The number of hydrogen-bond donors (Lipinski definition) is 2. The first-order valence-electron chi connectivity index (χ1n) is 9.92. The number of thioether (sulfide) groups is 1. The second-order valence-electron chi connectivity index (χ2n) is 7.33. The zero-order valence-electron chi connectivity index (χ0n) is 16.8. The predicted molar refractivity (Wildman–Crippen MR) is 114 cm³/mol. The molecule has 3 N–H and O–H groups in total. The molecule has 3 atom stereocenters. The molecule has 0 amide bonds. The van der Waals surface area contributed by atoms with Crippen LogP contribution in [0.15, 0.2) is 60.0 Å². The molecule has 0 bridgehead atoms. The van der Waals surface area contributed by atoms with Gasteiger partial charge in [-0.05, 0) is 16.7 Å². The van der Waals surface area contributed by atoms with E-state index in [4.69, 9.17) is 15.2 Å². The van der Waals surface area contributed by atoms with Gasteiger partial charge in [-0.2, -0.15) is 0 Å². The van der Waals surface area contributed by atoms with Gasteiger partial charge in [-0.25, -0.2) is 0 Å². The van der Waals surface area contributed by atoms with E-state index < -0.39 is 6.29 Å². The maximum atomic E-state index is 9.32. The molecule has 1 aliphatic heterocycles. The van der Waals surface area contributed by atoms with Gasteiger partial charge in [-0.1, -0.05) is 60.3 Å². The summed E-state index contributed by atoms with van der Waals surface area (Å²) in [6, 6.07) is 15.9. The summed E-state index contributed by atoms with van der Waals surface area (Å²) in [5, 5.41) is 18.3. The first-order chi connectivity index (χ1) is 14.7. The molecule has 7 nitrogen and oxygen atoms in total. The van der Waals surface area contributed by atoms with Crippen LogP contribution in [0.2, 0.25) is 0 Å². The highest BCUT2D eigenvalue weighted by Crippen LogP contribution is 2.39. The molecule has 2 heterocycles. The average molecular weight is 427 g/mol. The number of nitrogens with zero attached hydrogens (tertiary/aromatic N) is 3. The third kappa shape index (κ3) is 4.91. The Morgan fingerprint density at radius 2 is 1.77 bits per heavy atom.